The molecule has 1 aromatic carbocycles. The maximum absolute atomic E-state index is 12.5. The summed E-state index contributed by atoms with van der Waals surface area (Å²) >= 11 is 2.96. The van der Waals surface area contributed by atoms with Gasteiger partial charge in [-0.15, -0.1) is 21.5 Å². The zero-order chi connectivity index (χ0) is 22.6. The van der Waals surface area contributed by atoms with Crippen molar-refractivity contribution in [2.45, 2.75) is 31.9 Å². The van der Waals surface area contributed by atoms with Crippen molar-refractivity contribution in [3.63, 3.8) is 0 Å². The molecular weight excluding hydrogens is 456 g/mol. The molecule has 1 atom stereocenters. The SMILES string of the molecule is CN1CCN(Cc2cccc(-c3nc(CC(=O)Nc4nnc(C5CCCO5)s4)cs3)c2)CC1. The van der Waals surface area contributed by atoms with Gasteiger partial charge in [0.05, 0.1) is 12.1 Å². The molecule has 3 aromatic rings. The highest BCUT2D eigenvalue weighted by Crippen LogP contribution is 2.32. The maximum Gasteiger partial charge on any atom is 0.232 e. The van der Waals surface area contributed by atoms with Crippen LogP contribution in [0.1, 0.15) is 35.2 Å². The summed E-state index contributed by atoms with van der Waals surface area (Å²) in [5.74, 6) is -0.134. The van der Waals surface area contributed by atoms with Gasteiger partial charge < -0.3 is 15.0 Å². The van der Waals surface area contributed by atoms with Crippen molar-refractivity contribution in [3.05, 3.63) is 45.9 Å². The summed E-state index contributed by atoms with van der Waals surface area (Å²) in [6, 6.07) is 8.57. The van der Waals surface area contributed by atoms with Gasteiger partial charge in [0.1, 0.15) is 16.1 Å². The first-order chi connectivity index (χ1) is 16.1. The van der Waals surface area contributed by atoms with Crippen LogP contribution >= 0.6 is 22.7 Å². The number of thiazole rings is 1. The molecular formula is C23H28N6O2S2. The highest BCUT2D eigenvalue weighted by Gasteiger charge is 2.22. The average molecular weight is 485 g/mol. The number of benzene rings is 1. The van der Waals surface area contributed by atoms with Crippen LogP contribution in [0.5, 0.6) is 0 Å². The van der Waals surface area contributed by atoms with Gasteiger partial charge in [-0.05, 0) is 31.5 Å². The van der Waals surface area contributed by atoms with Gasteiger partial charge >= 0.3 is 0 Å². The zero-order valence-electron chi connectivity index (χ0n) is 18.7. The van der Waals surface area contributed by atoms with Crippen LogP contribution in [-0.4, -0.2) is 70.7 Å². The highest BCUT2D eigenvalue weighted by molar-refractivity contribution is 7.15. The Bertz CT molecular complexity index is 1090. The first kappa shape index (κ1) is 22.5. The van der Waals surface area contributed by atoms with Crippen molar-refractivity contribution in [1.82, 2.24) is 25.0 Å². The molecule has 2 fully saturated rings. The molecule has 2 aliphatic rings. The van der Waals surface area contributed by atoms with Crippen molar-refractivity contribution >= 4 is 33.7 Å². The van der Waals surface area contributed by atoms with Crippen LogP contribution in [0.3, 0.4) is 0 Å². The monoisotopic (exact) mass is 484 g/mol. The summed E-state index contributed by atoms with van der Waals surface area (Å²) < 4.78 is 5.63. The normalized spacial score (nSPS) is 19.7. The van der Waals surface area contributed by atoms with Crippen LogP contribution in [0.15, 0.2) is 29.6 Å². The second-order valence-corrected chi connectivity index (χ2v) is 10.5. The summed E-state index contributed by atoms with van der Waals surface area (Å²) in [7, 11) is 2.18. The van der Waals surface area contributed by atoms with Gasteiger partial charge in [0, 0.05) is 50.3 Å². The molecule has 1 N–H and O–H groups in total. The fraction of sp³-hybridized carbons (Fsp3) is 0.478. The molecule has 0 saturated carbocycles. The molecule has 4 heterocycles. The molecule has 0 radical (unpaired) electrons. The Morgan fingerprint density at radius 3 is 2.94 bits per heavy atom. The number of likely N-dealkylation sites (N-methyl/N-ethyl adjacent to an activating group) is 1. The second kappa shape index (κ2) is 10.4. The van der Waals surface area contributed by atoms with Crippen LogP contribution < -0.4 is 5.32 Å². The van der Waals surface area contributed by atoms with E-state index in [0.29, 0.717) is 5.13 Å². The van der Waals surface area contributed by atoms with Crippen LogP contribution in [0.25, 0.3) is 10.6 Å². The van der Waals surface area contributed by atoms with Crippen LogP contribution in [-0.2, 0) is 22.5 Å². The number of nitrogens with zero attached hydrogens (tertiary/aromatic N) is 5. The Balaban J connectivity index is 1.17. The summed E-state index contributed by atoms with van der Waals surface area (Å²) in [5, 5.41) is 15.3. The third-order valence-corrected chi connectivity index (χ3v) is 7.83. The molecule has 0 bridgehead atoms. The largest absolute Gasteiger partial charge is 0.371 e. The minimum atomic E-state index is -0.134. The number of anilines is 1. The fourth-order valence-corrected chi connectivity index (χ4v) is 5.76. The summed E-state index contributed by atoms with van der Waals surface area (Å²) in [5.41, 5.74) is 3.16. The van der Waals surface area contributed by atoms with E-state index in [9.17, 15) is 4.79 Å². The van der Waals surface area contributed by atoms with Crippen molar-refractivity contribution < 1.29 is 9.53 Å². The van der Waals surface area contributed by atoms with E-state index in [0.717, 1.165) is 73.4 Å². The number of amides is 1. The third-order valence-electron chi connectivity index (χ3n) is 5.96. The first-order valence-corrected chi connectivity index (χ1v) is 13.0. The van der Waals surface area contributed by atoms with E-state index < -0.39 is 0 Å². The number of aromatic nitrogens is 3. The first-order valence-electron chi connectivity index (χ1n) is 11.3. The highest BCUT2D eigenvalue weighted by atomic mass is 32.1. The lowest BCUT2D eigenvalue weighted by Crippen LogP contribution is -2.43. The van der Waals surface area contributed by atoms with Gasteiger partial charge in [0.25, 0.3) is 0 Å². The molecule has 0 spiro atoms. The molecule has 2 aromatic heterocycles. The molecule has 10 heteroatoms. The molecule has 2 aliphatic heterocycles. The molecule has 174 valence electrons. The Morgan fingerprint density at radius 2 is 2.12 bits per heavy atom. The number of hydrogen-bond acceptors (Lipinski definition) is 9. The molecule has 2 saturated heterocycles. The fourth-order valence-electron chi connectivity index (χ4n) is 4.10. The summed E-state index contributed by atoms with van der Waals surface area (Å²) in [6.45, 7) is 6.14. The molecule has 1 amide bonds. The van der Waals surface area contributed by atoms with E-state index in [4.69, 9.17) is 9.72 Å². The smallest absolute Gasteiger partial charge is 0.232 e. The van der Waals surface area contributed by atoms with Gasteiger partial charge in [-0.2, -0.15) is 0 Å². The third kappa shape index (κ3) is 5.82. The number of nitrogens with one attached hydrogen (secondary N) is 1. The van der Waals surface area contributed by atoms with Gasteiger partial charge in [-0.1, -0.05) is 29.5 Å². The Hall–Kier alpha value is -2.24. The van der Waals surface area contributed by atoms with E-state index in [1.165, 1.54) is 16.9 Å². The summed E-state index contributed by atoms with van der Waals surface area (Å²) in [4.78, 5) is 22.1. The molecule has 8 nitrogen and oxygen atoms in total. The van der Waals surface area contributed by atoms with Crippen molar-refractivity contribution in [2.24, 2.45) is 0 Å². The number of carbonyl (C=O) groups is 1. The predicted octanol–water partition coefficient (Wildman–Crippen LogP) is 3.44. The van der Waals surface area contributed by atoms with Gasteiger partial charge in [0.2, 0.25) is 11.0 Å². The van der Waals surface area contributed by atoms with Gasteiger partial charge in [-0.25, -0.2) is 4.98 Å². The summed E-state index contributed by atoms with van der Waals surface area (Å²) in [6.07, 6.45) is 2.23. The number of ether oxygens (including phenoxy) is 1. The zero-order valence-corrected chi connectivity index (χ0v) is 20.3. The second-order valence-electron chi connectivity index (χ2n) is 8.60. The Kier molecular flexibility index (Phi) is 7.07. The molecule has 0 aliphatic carbocycles. The van der Waals surface area contributed by atoms with Gasteiger partial charge in [-0.3, -0.25) is 9.69 Å². The Morgan fingerprint density at radius 1 is 1.24 bits per heavy atom. The lowest BCUT2D eigenvalue weighted by atomic mass is 10.1. The number of carbonyl (C=O) groups excluding carboxylic acids is 1. The lowest BCUT2D eigenvalue weighted by molar-refractivity contribution is -0.115. The van der Waals surface area contributed by atoms with Crippen LogP contribution in [0.4, 0.5) is 5.13 Å². The predicted molar refractivity (Wildman–Crippen MR) is 130 cm³/mol. The topological polar surface area (TPSA) is 83.5 Å². The van der Waals surface area contributed by atoms with E-state index in [1.807, 2.05) is 5.38 Å². The maximum atomic E-state index is 12.5. The van der Waals surface area contributed by atoms with E-state index in [1.54, 1.807) is 11.3 Å². The minimum Gasteiger partial charge on any atom is -0.371 e. The van der Waals surface area contributed by atoms with Crippen molar-refractivity contribution in [2.75, 3.05) is 45.2 Å². The minimum absolute atomic E-state index is 0.0151. The quantitative estimate of drug-likeness (QED) is 0.550. The van der Waals surface area contributed by atoms with Crippen LogP contribution in [0.2, 0.25) is 0 Å². The molecule has 5 rings (SSSR count). The average Bonchev–Trinajstić information content (AvgIpc) is 3.57. The number of hydrogen-bond donors (Lipinski definition) is 1. The van der Waals surface area contributed by atoms with Crippen LogP contribution in [0, 0.1) is 0 Å². The number of piperazine rings is 1. The number of rotatable bonds is 7. The van der Waals surface area contributed by atoms with Crippen molar-refractivity contribution in [1.29, 1.82) is 0 Å². The Labute approximate surface area is 201 Å². The molecule has 1 unspecified atom stereocenters. The lowest BCUT2D eigenvalue weighted by Gasteiger charge is -2.32. The van der Waals surface area contributed by atoms with E-state index in [2.05, 4.69) is 56.6 Å². The van der Waals surface area contributed by atoms with Crippen molar-refractivity contribution in [3.8, 4) is 10.6 Å². The van der Waals surface area contributed by atoms with Gasteiger partial charge in [0.15, 0.2) is 0 Å². The van der Waals surface area contributed by atoms with E-state index in [-0.39, 0.29) is 18.4 Å². The standard InChI is InChI=1S/C23H28N6O2S2/c1-28-7-9-29(10-8-28)14-16-4-2-5-17(12-16)21-24-18(15-32-21)13-20(30)25-23-27-26-22(33-23)19-6-3-11-31-19/h2,4-5,12,15,19H,3,6-11,13-14H2,1H3,(H,25,27,30). The molecule has 33 heavy (non-hydrogen) atoms. The van der Waals surface area contributed by atoms with E-state index >= 15 is 0 Å².